The van der Waals surface area contributed by atoms with Crippen LogP contribution in [-0.4, -0.2) is 23.4 Å². The minimum Gasteiger partial charge on any atom is -0.345 e. The van der Waals surface area contributed by atoms with E-state index in [9.17, 15) is 9.18 Å². The van der Waals surface area contributed by atoms with Gasteiger partial charge in [-0.1, -0.05) is 25.0 Å². The van der Waals surface area contributed by atoms with Crippen molar-refractivity contribution >= 4 is 5.78 Å². The van der Waals surface area contributed by atoms with Crippen LogP contribution in [0.3, 0.4) is 0 Å². The summed E-state index contributed by atoms with van der Waals surface area (Å²) < 4.78 is 15.3. The van der Waals surface area contributed by atoms with Gasteiger partial charge in [-0.25, -0.2) is 4.39 Å². The summed E-state index contributed by atoms with van der Waals surface area (Å²) >= 11 is 0. The van der Waals surface area contributed by atoms with Crippen LogP contribution in [0.2, 0.25) is 0 Å². The molecule has 0 aliphatic heterocycles. The van der Waals surface area contributed by atoms with Crippen molar-refractivity contribution in [2.45, 2.75) is 52.0 Å². The third kappa shape index (κ3) is 4.18. The van der Waals surface area contributed by atoms with Crippen molar-refractivity contribution in [1.29, 1.82) is 0 Å². The van der Waals surface area contributed by atoms with E-state index in [1.165, 1.54) is 43.5 Å². The molecule has 1 aliphatic rings. The number of carbonyl (C=O) groups excluding carboxylic acids is 1. The third-order valence-corrected chi connectivity index (χ3v) is 5.26. The Kier molecular flexibility index (Phi) is 5.69. The summed E-state index contributed by atoms with van der Waals surface area (Å²) in [5.41, 5.74) is 4.22. The van der Waals surface area contributed by atoms with Crippen molar-refractivity contribution in [1.82, 2.24) is 9.88 Å². The molecule has 1 aromatic carbocycles. The molecule has 0 unspecified atom stereocenters. The van der Waals surface area contributed by atoms with E-state index in [1.807, 2.05) is 6.07 Å². The normalized spacial score (nSPS) is 15.0. The number of Topliss-reactive ketones (excluding diaryl/α,β-unsaturated/α-hetero) is 1. The molecule has 1 fully saturated rings. The van der Waals surface area contributed by atoms with Crippen LogP contribution < -0.4 is 5.32 Å². The molecule has 25 heavy (non-hydrogen) atoms. The molecule has 1 aliphatic carbocycles. The molecule has 134 valence electrons. The zero-order valence-corrected chi connectivity index (χ0v) is 15.1. The van der Waals surface area contributed by atoms with Crippen LogP contribution in [0.1, 0.15) is 59.0 Å². The van der Waals surface area contributed by atoms with Crippen molar-refractivity contribution in [3.8, 4) is 0 Å². The third-order valence-electron chi connectivity index (χ3n) is 5.26. The van der Waals surface area contributed by atoms with Gasteiger partial charge in [-0.2, -0.15) is 0 Å². The van der Waals surface area contributed by atoms with Gasteiger partial charge in [0.05, 0.1) is 6.54 Å². The predicted molar refractivity (Wildman–Crippen MR) is 98.7 cm³/mol. The first kappa shape index (κ1) is 17.9. The largest absolute Gasteiger partial charge is 0.345 e. The van der Waals surface area contributed by atoms with Gasteiger partial charge in [-0.05, 0) is 63.4 Å². The second kappa shape index (κ2) is 7.96. The van der Waals surface area contributed by atoms with Gasteiger partial charge in [-0.3, -0.25) is 4.79 Å². The molecule has 0 saturated heterocycles. The Labute approximate surface area is 149 Å². The minimum atomic E-state index is -0.218. The van der Waals surface area contributed by atoms with E-state index in [2.05, 4.69) is 23.7 Å². The Morgan fingerprint density at radius 2 is 1.88 bits per heavy atom. The lowest BCUT2D eigenvalue weighted by atomic mass is 10.1. The van der Waals surface area contributed by atoms with E-state index in [4.69, 9.17) is 0 Å². The molecule has 3 rings (SSSR count). The summed E-state index contributed by atoms with van der Waals surface area (Å²) in [7, 11) is 0. The quantitative estimate of drug-likeness (QED) is 0.599. The number of halogens is 1. The lowest BCUT2D eigenvalue weighted by Gasteiger charge is -2.17. The monoisotopic (exact) mass is 342 g/mol. The van der Waals surface area contributed by atoms with Crippen LogP contribution in [0.25, 0.3) is 0 Å². The van der Waals surface area contributed by atoms with Gasteiger partial charge in [0.15, 0.2) is 5.78 Å². The number of ketones is 1. The number of hydrogen-bond donors (Lipinski definition) is 1. The highest BCUT2D eigenvalue weighted by Crippen LogP contribution is 2.33. The average molecular weight is 342 g/mol. The summed E-state index contributed by atoms with van der Waals surface area (Å²) in [5.74, 6) is -0.0686. The Balaban J connectivity index is 1.54. The zero-order valence-electron chi connectivity index (χ0n) is 15.1. The topological polar surface area (TPSA) is 34.0 Å². The maximum Gasteiger partial charge on any atom is 0.178 e. The number of nitrogens with zero attached hydrogens (tertiary/aromatic N) is 1. The van der Waals surface area contributed by atoms with E-state index >= 15 is 0 Å². The lowest BCUT2D eigenvalue weighted by Crippen LogP contribution is -2.25. The molecule has 3 nitrogen and oxygen atoms in total. The predicted octanol–water partition coefficient (Wildman–Crippen LogP) is 4.37. The van der Waals surface area contributed by atoms with Gasteiger partial charge in [-0.15, -0.1) is 0 Å². The number of aryl methyl sites for hydroxylation is 1. The van der Waals surface area contributed by atoms with Crippen molar-refractivity contribution in [3.05, 3.63) is 58.7 Å². The van der Waals surface area contributed by atoms with E-state index in [0.717, 1.165) is 23.2 Å². The molecular formula is C21H27FN2O. The maximum atomic E-state index is 12.9. The van der Waals surface area contributed by atoms with Gasteiger partial charge in [0, 0.05) is 23.0 Å². The van der Waals surface area contributed by atoms with E-state index < -0.39 is 0 Å². The first-order valence-corrected chi connectivity index (χ1v) is 9.23. The molecule has 1 aromatic heterocycles. The zero-order chi connectivity index (χ0) is 17.8. The highest BCUT2D eigenvalue weighted by atomic mass is 19.1. The molecule has 0 spiro atoms. The van der Waals surface area contributed by atoms with E-state index in [0.29, 0.717) is 19.1 Å². The second-order valence-corrected chi connectivity index (χ2v) is 7.07. The molecule has 1 saturated carbocycles. The molecule has 1 heterocycles. The maximum absolute atomic E-state index is 12.9. The fourth-order valence-corrected chi connectivity index (χ4v) is 3.96. The van der Waals surface area contributed by atoms with Crippen LogP contribution >= 0.6 is 0 Å². The average Bonchev–Trinajstić information content (AvgIpc) is 3.21. The van der Waals surface area contributed by atoms with Gasteiger partial charge in [0.25, 0.3) is 0 Å². The summed E-state index contributed by atoms with van der Waals surface area (Å²) in [6, 6.07) is 9.12. The molecule has 0 radical (unpaired) electrons. The van der Waals surface area contributed by atoms with Crippen molar-refractivity contribution in [2.75, 3.05) is 13.1 Å². The smallest absolute Gasteiger partial charge is 0.178 e. The van der Waals surface area contributed by atoms with Crippen molar-refractivity contribution < 1.29 is 9.18 Å². The Morgan fingerprint density at radius 3 is 2.56 bits per heavy atom. The van der Waals surface area contributed by atoms with Crippen LogP contribution in [0.15, 0.2) is 30.3 Å². The van der Waals surface area contributed by atoms with Gasteiger partial charge in [0.2, 0.25) is 0 Å². The first-order chi connectivity index (χ1) is 12.1. The molecule has 0 amide bonds. The van der Waals surface area contributed by atoms with E-state index in [-0.39, 0.29) is 11.6 Å². The number of rotatable bonds is 7. The Morgan fingerprint density at radius 1 is 1.20 bits per heavy atom. The number of hydrogen-bond acceptors (Lipinski definition) is 2. The summed E-state index contributed by atoms with van der Waals surface area (Å²) in [4.78, 5) is 12.6. The minimum absolute atomic E-state index is 0.149. The van der Waals surface area contributed by atoms with Crippen molar-refractivity contribution in [3.63, 3.8) is 0 Å². The van der Waals surface area contributed by atoms with E-state index in [1.54, 1.807) is 12.1 Å². The molecule has 0 bridgehead atoms. The van der Waals surface area contributed by atoms with Crippen LogP contribution in [-0.2, 0) is 6.42 Å². The molecule has 0 atom stereocenters. The van der Waals surface area contributed by atoms with Crippen molar-refractivity contribution in [2.24, 2.45) is 0 Å². The lowest BCUT2D eigenvalue weighted by molar-refractivity contribution is 0.0990. The number of nitrogens with one attached hydrogen (secondary N) is 1. The number of carbonyl (C=O) groups is 1. The van der Waals surface area contributed by atoms with Crippen LogP contribution in [0, 0.1) is 19.7 Å². The fraction of sp³-hybridized carbons (Fsp3) is 0.476. The summed E-state index contributed by atoms with van der Waals surface area (Å²) in [6.07, 6.45) is 5.81. The number of aromatic nitrogens is 1. The first-order valence-electron chi connectivity index (χ1n) is 9.23. The standard InChI is InChI=1S/C21H27FN2O/c1-15-13-20(16(2)24(15)19-5-3-4-6-19)21(25)14-23-12-11-17-7-9-18(22)10-8-17/h7-10,13,19,23H,3-6,11-12,14H2,1-2H3. The molecular weight excluding hydrogens is 315 g/mol. The Bertz CT molecular complexity index is 727. The van der Waals surface area contributed by atoms with Crippen LogP contribution in [0.4, 0.5) is 4.39 Å². The molecule has 4 heteroatoms. The van der Waals surface area contributed by atoms with Crippen LogP contribution in [0.5, 0.6) is 0 Å². The van der Waals surface area contributed by atoms with Gasteiger partial charge < -0.3 is 9.88 Å². The molecule has 2 aromatic rings. The summed E-state index contributed by atoms with van der Waals surface area (Å²) in [6.45, 7) is 5.22. The van der Waals surface area contributed by atoms with Gasteiger partial charge >= 0.3 is 0 Å². The number of benzene rings is 1. The highest BCUT2D eigenvalue weighted by molar-refractivity contribution is 5.99. The Hall–Kier alpha value is -1.94. The molecule has 1 N–H and O–H groups in total. The van der Waals surface area contributed by atoms with Gasteiger partial charge in [0.1, 0.15) is 5.82 Å². The highest BCUT2D eigenvalue weighted by Gasteiger charge is 2.23. The SMILES string of the molecule is Cc1cc(C(=O)CNCCc2ccc(F)cc2)c(C)n1C1CCCC1. The second-order valence-electron chi connectivity index (χ2n) is 7.07. The summed E-state index contributed by atoms with van der Waals surface area (Å²) in [5, 5.41) is 3.22. The fourth-order valence-electron chi connectivity index (χ4n) is 3.96.